The van der Waals surface area contributed by atoms with Gasteiger partial charge in [0.15, 0.2) is 0 Å². The van der Waals surface area contributed by atoms with E-state index in [1.807, 2.05) is 0 Å². The van der Waals surface area contributed by atoms with Crippen LogP contribution in [-0.2, 0) is 0 Å². The lowest BCUT2D eigenvalue weighted by Crippen LogP contribution is -2.33. The van der Waals surface area contributed by atoms with Gasteiger partial charge in [0.2, 0.25) is 0 Å². The van der Waals surface area contributed by atoms with Crippen LogP contribution in [0.15, 0.2) is 0 Å². The van der Waals surface area contributed by atoms with Crippen LogP contribution in [0.2, 0.25) is 0 Å². The molecule has 60 valence electrons. The minimum absolute atomic E-state index is 0.396. The molecule has 1 rings (SSSR count). The summed E-state index contributed by atoms with van der Waals surface area (Å²) in [6, 6.07) is 0.396. The number of nitrogens with one attached hydrogen (secondary N) is 1. The molecule has 0 aromatic rings. The summed E-state index contributed by atoms with van der Waals surface area (Å²) >= 11 is 0. The van der Waals surface area contributed by atoms with Crippen molar-refractivity contribution in [3.8, 4) is 0 Å². The van der Waals surface area contributed by atoms with E-state index in [0.29, 0.717) is 6.04 Å². The highest BCUT2D eigenvalue weighted by Crippen LogP contribution is 2.32. The van der Waals surface area contributed by atoms with Crippen molar-refractivity contribution in [1.82, 2.24) is 5.32 Å². The average Bonchev–Trinajstić information content (AvgIpc) is 2.67. The smallest absolute Gasteiger partial charge is 0.0167 e. The summed E-state index contributed by atoms with van der Waals surface area (Å²) in [5.41, 5.74) is 5.84. The second-order valence-electron chi connectivity index (χ2n) is 3.25. The standard InChI is InChI=1S/C8H18N2/c1-2-10-6-8(9)5-7-3-4-7/h7-8,10H,2-6,9H2,1H3/t8-/m0/s1. The van der Waals surface area contributed by atoms with E-state index in [2.05, 4.69) is 12.2 Å². The minimum Gasteiger partial charge on any atom is -0.327 e. The van der Waals surface area contributed by atoms with E-state index in [0.717, 1.165) is 19.0 Å². The van der Waals surface area contributed by atoms with Gasteiger partial charge in [0.25, 0.3) is 0 Å². The lowest BCUT2D eigenvalue weighted by atomic mass is 10.1. The molecule has 2 nitrogen and oxygen atoms in total. The normalized spacial score (nSPS) is 21.0. The first kappa shape index (κ1) is 8.02. The monoisotopic (exact) mass is 142 g/mol. The molecule has 0 amide bonds. The molecule has 10 heavy (non-hydrogen) atoms. The molecule has 1 atom stereocenters. The molecule has 0 aromatic carbocycles. The van der Waals surface area contributed by atoms with Crippen LogP contribution in [0.1, 0.15) is 26.2 Å². The number of rotatable bonds is 5. The van der Waals surface area contributed by atoms with Gasteiger partial charge < -0.3 is 11.1 Å². The Morgan fingerprint density at radius 1 is 1.60 bits per heavy atom. The van der Waals surface area contributed by atoms with Crippen LogP contribution in [0.5, 0.6) is 0 Å². The van der Waals surface area contributed by atoms with E-state index >= 15 is 0 Å². The molecule has 0 saturated heterocycles. The molecular weight excluding hydrogens is 124 g/mol. The maximum atomic E-state index is 5.84. The summed E-state index contributed by atoms with van der Waals surface area (Å²) in [5.74, 6) is 0.966. The van der Waals surface area contributed by atoms with Crippen molar-refractivity contribution in [2.24, 2.45) is 11.7 Å². The number of hydrogen-bond acceptors (Lipinski definition) is 2. The molecule has 1 aliphatic rings. The molecule has 1 aliphatic carbocycles. The highest BCUT2D eigenvalue weighted by Gasteiger charge is 2.23. The average molecular weight is 142 g/mol. The van der Waals surface area contributed by atoms with Crippen molar-refractivity contribution in [2.45, 2.75) is 32.2 Å². The third kappa shape index (κ3) is 3.18. The zero-order chi connectivity index (χ0) is 7.40. The van der Waals surface area contributed by atoms with Crippen molar-refractivity contribution in [2.75, 3.05) is 13.1 Å². The molecule has 2 heteroatoms. The van der Waals surface area contributed by atoms with Crippen LogP contribution in [-0.4, -0.2) is 19.1 Å². The van der Waals surface area contributed by atoms with Crippen LogP contribution in [0.3, 0.4) is 0 Å². The first-order chi connectivity index (χ1) is 4.83. The van der Waals surface area contributed by atoms with E-state index in [-0.39, 0.29) is 0 Å². The fourth-order valence-electron chi connectivity index (χ4n) is 1.19. The van der Waals surface area contributed by atoms with Gasteiger partial charge in [-0.25, -0.2) is 0 Å². The summed E-state index contributed by atoms with van der Waals surface area (Å²) in [6.07, 6.45) is 4.06. The van der Waals surface area contributed by atoms with Crippen molar-refractivity contribution in [1.29, 1.82) is 0 Å². The van der Waals surface area contributed by atoms with Gasteiger partial charge in [-0.3, -0.25) is 0 Å². The molecule has 0 spiro atoms. The van der Waals surface area contributed by atoms with Gasteiger partial charge in [-0.2, -0.15) is 0 Å². The molecule has 3 N–H and O–H groups in total. The Bertz CT molecular complexity index is 89.3. The van der Waals surface area contributed by atoms with Crippen LogP contribution in [0, 0.1) is 5.92 Å². The highest BCUT2D eigenvalue weighted by molar-refractivity contribution is 4.79. The van der Waals surface area contributed by atoms with Crippen LogP contribution in [0.25, 0.3) is 0 Å². The van der Waals surface area contributed by atoms with Gasteiger partial charge in [0, 0.05) is 12.6 Å². The SMILES string of the molecule is CCNC[C@@H](N)CC1CC1. The van der Waals surface area contributed by atoms with E-state index in [4.69, 9.17) is 5.73 Å². The minimum atomic E-state index is 0.396. The predicted molar refractivity (Wildman–Crippen MR) is 43.9 cm³/mol. The topological polar surface area (TPSA) is 38.0 Å². The molecule has 0 radical (unpaired) electrons. The van der Waals surface area contributed by atoms with Gasteiger partial charge in [-0.05, 0) is 18.9 Å². The maximum Gasteiger partial charge on any atom is 0.0167 e. The van der Waals surface area contributed by atoms with Crippen LogP contribution < -0.4 is 11.1 Å². The van der Waals surface area contributed by atoms with Crippen molar-refractivity contribution in [3.05, 3.63) is 0 Å². The van der Waals surface area contributed by atoms with Gasteiger partial charge in [0.1, 0.15) is 0 Å². The van der Waals surface area contributed by atoms with E-state index in [9.17, 15) is 0 Å². The lowest BCUT2D eigenvalue weighted by Gasteiger charge is -2.10. The Balaban J connectivity index is 1.91. The first-order valence-electron chi connectivity index (χ1n) is 4.29. The number of nitrogens with two attached hydrogens (primary N) is 1. The largest absolute Gasteiger partial charge is 0.327 e. The number of hydrogen-bond donors (Lipinski definition) is 2. The second-order valence-corrected chi connectivity index (χ2v) is 3.25. The molecule has 0 unspecified atom stereocenters. The quantitative estimate of drug-likeness (QED) is 0.593. The second kappa shape index (κ2) is 3.94. The Hall–Kier alpha value is -0.0800. The first-order valence-corrected chi connectivity index (χ1v) is 4.29. The van der Waals surface area contributed by atoms with Gasteiger partial charge >= 0.3 is 0 Å². The molecule has 0 heterocycles. The zero-order valence-electron chi connectivity index (χ0n) is 6.77. The third-order valence-electron chi connectivity index (χ3n) is 1.99. The maximum absolute atomic E-state index is 5.84. The Morgan fingerprint density at radius 3 is 2.80 bits per heavy atom. The molecule has 1 fully saturated rings. The molecular formula is C8H18N2. The predicted octanol–water partition coefficient (Wildman–Crippen LogP) is 0.723. The van der Waals surface area contributed by atoms with Crippen LogP contribution >= 0.6 is 0 Å². The molecule has 1 saturated carbocycles. The lowest BCUT2D eigenvalue weighted by molar-refractivity contribution is 0.526. The third-order valence-corrected chi connectivity index (χ3v) is 1.99. The fraction of sp³-hybridized carbons (Fsp3) is 1.00. The van der Waals surface area contributed by atoms with Crippen molar-refractivity contribution in [3.63, 3.8) is 0 Å². The molecule has 0 bridgehead atoms. The van der Waals surface area contributed by atoms with E-state index < -0.39 is 0 Å². The summed E-state index contributed by atoms with van der Waals surface area (Å²) in [6.45, 7) is 4.15. The summed E-state index contributed by atoms with van der Waals surface area (Å²) in [4.78, 5) is 0. The van der Waals surface area contributed by atoms with Crippen molar-refractivity contribution >= 4 is 0 Å². The van der Waals surface area contributed by atoms with E-state index in [1.165, 1.54) is 19.3 Å². The Labute approximate surface area is 63.2 Å². The highest BCUT2D eigenvalue weighted by atomic mass is 14.9. The Morgan fingerprint density at radius 2 is 2.30 bits per heavy atom. The molecule has 0 aromatic heterocycles. The van der Waals surface area contributed by atoms with Crippen LogP contribution in [0.4, 0.5) is 0 Å². The number of likely N-dealkylation sites (N-methyl/N-ethyl adjacent to an activating group) is 1. The van der Waals surface area contributed by atoms with Crippen molar-refractivity contribution < 1.29 is 0 Å². The summed E-state index contributed by atoms with van der Waals surface area (Å²) in [5, 5.41) is 3.26. The van der Waals surface area contributed by atoms with E-state index in [1.54, 1.807) is 0 Å². The summed E-state index contributed by atoms with van der Waals surface area (Å²) < 4.78 is 0. The van der Waals surface area contributed by atoms with Gasteiger partial charge in [-0.1, -0.05) is 19.8 Å². The molecule has 0 aliphatic heterocycles. The fourth-order valence-corrected chi connectivity index (χ4v) is 1.19. The Kier molecular flexibility index (Phi) is 3.16. The van der Waals surface area contributed by atoms with Gasteiger partial charge in [-0.15, -0.1) is 0 Å². The van der Waals surface area contributed by atoms with Gasteiger partial charge in [0.05, 0.1) is 0 Å². The summed E-state index contributed by atoms with van der Waals surface area (Å²) in [7, 11) is 0. The zero-order valence-corrected chi connectivity index (χ0v) is 6.77.